The Hall–Kier alpha value is -3.35. The van der Waals surface area contributed by atoms with Crippen LogP contribution in [0, 0.1) is 6.92 Å². The zero-order chi connectivity index (χ0) is 24.2. The first-order valence-corrected chi connectivity index (χ1v) is 12.0. The third kappa shape index (κ3) is 4.04. The number of hydrogen-bond acceptors (Lipinski definition) is 4. The van der Waals surface area contributed by atoms with E-state index >= 15 is 0 Å². The monoisotopic (exact) mass is 460 g/mol. The van der Waals surface area contributed by atoms with E-state index < -0.39 is 5.60 Å². The summed E-state index contributed by atoms with van der Waals surface area (Å²) in [5.74, 6) is 0.0603. The van der Waals surface area contributed by atoms with E-state index in [1.165, 1.54) is 0 Å². The Kier molecular flexibility index (Phi) is 5.38. The van der Waals surface area contributed by atoms with Crippen molar-refractivity contribution >= 4 is 23.0 Å². The van der Waals surface area contributed by atoms with Crippen LogP contribution in [0.2, 0.25) is 0 Å². The first-order chi connectivity index (χ1) is 16.1. The molecular formula is C27H32N4O3. The number of fused-ring (bicyclic) bond motifs is 2. The highest BCUT2D eigenvalue weighted by Gasteiger charge is 2.36. The van der Waals surface area contributed by atoms with Crippen LogP contribution in [0.25, 0.3) is 22.2 Å². The second-order valence-electron chi connectivity index (χ2n) is 10.5. The molecule has 1 unspecified atom stereocenters. The van der Waals surface area contributed by atoms with E-state index in [-0.39, 0.29) is 18.0 Å². The molecule has 1 atom stereocenters. The third-order valence-electron chi connectivity index (χ3n) is 6.84. The number of nitrogens with zero attached hydrogens (tertiary/aromatic N) is 3. The summed E-state index contributed by atoms with van der Waals surface area (Å²) in [6.45, 7) is 11.2. The van der Waals surface area contributed by atoms with Gasteiger partial charge in [0.05, 0.1) is 6.04 Å². The quantitative estimate of drug-likeness (QED) is 0.550. The van der Waals surface area contributed by atoms with Gasteiger partial charge in [0.1, 0.15) is 11.2 Å². The smallest absolute Gasteiger partial charge is 0.410 e. The molecule has 0 spiro atoms. The van der Waals surface area contributed by atoms with Gasteiger partial charge in [0.2, 0.25) is 5.91 Å². The van der Waals surface area contributed by atoms with E-state index in [1.807, 2.05) is 43.0 Å². The van der Waals surface area contributed by atoms with E-state index in [4.69, 9.17) is 4.74 Å². The molecule has 1 fully saturated rings. The number of aryl methyl sites for hydroxylation is 1. The maximum atomic E-state index is 13.1. The molecule has 3 aromatic rings. The molecule has 178 valence electrons. The summed E-state index contributed by atoms with van der Waals surface area (Å²) in [6.07, 6.45) is 5.39. The first kappa shape index (κ1) is 22.4. The van der Waals surface area contributed by atoms with Crippen molar-refractivity contribution in [3.05, 3.63) is 52.8 Å². The summed E-state index contributed by atoms with van der Waals surface area (Å²) < 4.78 is 5.73. The van der Waals surface area contributed by atoms with Crippen molar-refractivity contribution in [1.29, 1.82) is 0 Å². The molecule has 1 N–H and O–H groups in total. The van der Waals surface area contributed by atoms with E-state index in [0.29, 0.717) is 19.6 Å². The minimum absolute atomic E-state index is 0.0603. The number of carbonyl (C=O) groups is 2. The molecule has 0 radical (unpaired) electrons. The van der Waals surface area contributed by atoms with Gasteiger partial charge in [-0.1, -0.05) is 0 Å². The van der Waals surface area contributed by atoms with Gasteiger partial charge < -0.3 is 19.5 Å². The summed E-state index contributed by atoms with van der Waals surface area (Å²) in [6, 6.07) is 6.47. The average Bonchev–Trinajstić information content (AvgIpc) is 3.50. The van der Waals surface area contributed by atoms with Crippen molar-refractivity contribution in [3.8, 4) is 11.1 Å². The number of carbonyl (C=O) groups excluding carboxylic acids is 2. The number of rotatable bonds is 2. The molecule has 7 heteroatoms. The summed E-state index contributed by atoms with van der Waals surface area (Å²) in [4.78, 5) is 36.8. The van der Waals surface area contributed by atoms with Crippen molar-refractivity contribution in [1.82, 2.24) is 19.8 Å². The third-order valence-corrected chi connectivity index (χ3v) is 6.84. The Balaban J connectivity index is 1.60. The van der Waals surface area contributed by atoms with Crippen LogP contribution in [-0.4, -0.2) is 43.9 Å². The lowest BCUT2D eigenvalue weighted by atomic mass is 9.91. The molecule has 2 aromatic heterocycles. The van der Waals surface area contributed by atoms with Gasteiger partial charge in [-0.2, -0.15) is 0 Å². The minimum Gasteiger partial charge on any atom is -0.444 e. The highest BCUT2D eigenvalue weighted by molar-refractivity contribution is 5.85. The second-order valence-corrected chi connectivity index (χ2v) is 10.5. The fourth-order valence-electron chi connectivity index (χ4n) is 5.15. The Morgan fingerprint density at radius 2 is 1.94 bits per heavy atom. The largest absolute Gasteiger partial charge is 0.444 e. The fourth-order valence-corrected chi connectivity index (χ4v) is 5.15. The van der Waals surface area contributed by atoms with Gasteiger partial charge in [-0.05, 0) is 86.6 Å². The molecule has 34 heavy (non-hydrogen) atoms. The van der Waals surface area contributed by atoms with Gasteiger partial charge in [0.15, 0.2) is 0 Å². The van der Waals surface area contributed by atoms with Crippen molar-refractivity contribution < 1.29 is 14.3 Å². The number of nitrogens with one attached hydrogen (secondary N) is 1. The number of H-pyrrole nitrogens is 1. The summed E-state index contributed by atoms with van der Waals surface area (Å²) >= 11 is 0. The van der Waals surface area contributed by atoms with Crippen LogP contribution in [0.3, 0.4) is 0 Å². The van der Waals surface area contributed by atoms with Crippen LogP contribution in [-0.2, 0) is 22.6 Å². The average molecular weight is 461 g/mol. The number of hydrogen-bond donors (Lipinski definition) is 1. The molecule has 2 aliphatic heterocycles. The van der Waals surface area contributed by atoms with Crippen LogP contribution >= 0.6 is 0 Å². The van der Waals surface area contributed by atoms with E-state index in [1.54, 1.807) is 6.92 Å². The molecule has 2 aliphatic rings. The predicted octanol–water partition coefficient (Wildman–Crippen LogP) is 5.47. The van der Waals surface area contributed by atoms with Gasteiger partial charge in [-0.25, -0.2) is 9.78 Å². The SMILES string of the molecule is CC(=O)N1Cc2cc(-c3cnc4[nH]cc(C)c4c3)cc(C3CCCN3C(=O)OC(C)(C)C)c2C1. The number of amides is 2. The Labute approximate surface area is 200 Å². The van der Waals surface area contributed by atoms with Crippen molar-refractivity contribution in [2.24, 2.45) is 0 Å². The van der Waals surface area contributed by atoms with Crippen LogP contribution in [0.1, 0.15) is 68.8 Å². The first-order valence-electron chi connectivity index (χ1n) is 12.0. The van der Waals surface area contributed by atoms with Crippen LogP contribution in [0.4, 0.5) is 4.79 Å². The van der Waals surface area contributed by atoms with E-state index in [9.17, 15) is 9.59 Å². The standard InChI is InChI=1S/C27H32N4O3/c1-16-12-28-25-21(16)11-19(13-29-25)18-9-20-14-30(17(2)32)15-23(20)22(10-18)24-7-6-8-31(24)26(33)34-27(3,4)5/h9-13,24H,6-8,14-15H2,1-5H3,(H,28,29). The van der Waals surface area contributed by atoms with Gasteiger partial charge in [0, 0.05) is 49.9 Å². The fraction of sp³-hybridized carbons (Fsp3) is 0.444. The molecule has 0 aliphatic carbocycles. The molecule has 4 heterocycles. The van der Waals surface area contributed by atoms with Crippen molar-refractivity contribution in [3.63, 3.8) is 0 Å². The van der Waals surface area contributed by atoms with Crippen molar-refractivity contribution in [2.45, 2.75) is 72.2 Å². The number of aromatic nitrogens is 2. The Morgan fingerprint density at radius 1 is 1.15 bits per heavy atom. The van der Waals surface area contributed by atoms with Crippen molar-refractivity contribution in [2.75, 3.05) is 6.54 Å². The molecular weight excluding hydrogens is 428 g/mol. The maximum absolute atomic E-state index is 13.1. The summed E-state index contributed by atoms with van der Waals surface area (Å²) in [7, 11) is 0. The molecule has 0 saturated carbocycles. The van der Waals surface area contributed by atoms with Gasteiger partial charge in [0.25, 0.3) is 0 Å². The molecule has 7 nitrogen and oxygen atoms in total. The molecule has 1 aromatic carbocycles. The Bertz CT molecular complexity index is 1290. The summed E-state index contributed by atoms with van der Waals surface area (Å²) in [5, 5.41) is 1.10. The van der Waals surface area contributed by atoms with Crippen LogP contribution < -0.4 is 0 Å². The van der Waals surface area contributed by atoms with Crippen LogP contribution in [0.5, 0.6) is 0 Å². The number of benzene rings is 1. The van der Waals surface area contributed by atoms with Gasteiger partial charge in [-0.3, -0.25) is 4.79 Å². The zero-order valence-corrected chi connectivity index (χ0v) is 20.6. The van der Waals surface area contributed by atoms with Gasteiger partial charge in [-0.15, -0.1) is 0 Å². The number of pyridine rings is 1. The van der Waals surface area contributed by atoms with E-state index in [0.717, 1.165) is 57.3 Å². The van der Waals surface area contributed by atoms with Gasteiger partial charge >= 0.3 is 6.09 Å². The summed E-state index contributed by atoms with van der Waals surface area (Å²) in [5.41, 5.74) is 6.99. The lowest BCUT2D eigenvalue weighted by molar-refractivity contribution is -0.129. The number of aromatic amines is 1. The highest BCUT2D eigenvalue weighted by atomic mass is 16.6. The topological polar surface area (TPSA) is 78.5 Å². The minimum atomic E-state index is -0.547. The molecule has 1 saturated heterocycles. The second kappa shape index (κ2) is 8.15. The molecule has 5 rings (SSSR count). The molecule has 0 bridgehead atoms. The number of ether oxygens (including phenoxy) is 1. The lowest BCUT2D eigenvalue weighted by Crippen LogP contribution is -2.36. The maximum Gasteiger partial charge on any atom is 0.410 e. The predicted molar refractivity (Wildman–Crippen MR) is 131 cm³/mol. The highest BCUT2D eigenvalue weighted by Crippen LogP contribution is 2.41. The Morgan fingerprint density at radius 3 is 2.68 bits per heavy atom. The molecule has 2 amide bonds. The lowest BCUT2D eigenvalue weighted by Gasteiger charge is -2.30. The normalized spacial score (nSPS) is 18.0. The number of likely N-dealkylation sites (tertiary alicyclic amines) is 1. The zero-order valence-electron chi connectivity index (χ0n) is 20.6. The van der Waals surface area contributed by atoms with Crippen LogP contribution in [0.15, 0.2) is 30.6 Å². The van der Waals surface area contributed by atoms with E-state index in [2.05, 4.69) is 35.1 Å².